The van der Waals surface area contributed by atoms with Crippen LogP contribution < -0.4 is 10.5 Å². The van der Waals surface area contributed by atoms with Crippen LogP contribution in [0, 0.1) is 13.8 Å². The number of nitrogens with two attached hydrogens (primary N) is 1. The number of carbonyl (C=O) groups excluding carboxylic acids is 2. The van der Waals surface area contributed by atoms with Gasteiger partial charge in [-0.3, -0.25) is 14.6 Å². The fraction of sp³-hybridized carbons (Fsp3) is 0.676. The highest BCUT2D eigenvalue weighted by atomic mass is 16.5. The molecule has 0 radical (unpaired) electrons. The highest BCUT2D eigenvalue weighted by molar-refractivity contribution is 6.09. The lowest BCUT2D eigenvalue weighted by Crippen LogP contribution is -2.49. The van der Waals surface area contributed by atoms with Gasteiger partial charge in [0.15, 0.2) is 5.78 Å². The summed E-state index contributed by atoms with van der Waals surface area (Å²) in [4.78, 5) is 29.8. The van der Waals surface area contributed by atoms with Crippen molar-refractivity contribution >= 4 is 17.4 Å². The van der Waals surface area contributed by atoms with Crippen molar-refractivity contribution in [1.29, 1.82) is 0 Å². The van der Waals surface area contributed by atoms with Crippen molar-refractivity contribution in [1.82, 2.24) is 4.90 Å². The molecular weight excluding hydrogens is 514 g/mol. The summed E-state index contributed by atoms with van der Waals surface area (Å²) >= 11 is 0. The number of benzene rings is 1. The Hall–Kier alpha value is -2.67. The summed E-state index contributed by atoms with van der Waals surface area (Å²) in [5, 5.41) is 0. The molecule has 1 aliphatic heterocycles. The minimum absolute atomic E-state index is 0.0134. The maximum Gasteiger partial charge on any atom is 0.270 e. The first kappa shape index (κ1) is 34.5. The first-order chi connectivity index (χ1) is 19.5. The average Bonchev–Trinajstić information content (AvgIpc) is 3.41. The molecule has 2 N–H and O–H groups in total. The Balaban J connectivity index is 0.000000290. The zero-order valence-electron chi connectivity index (χ0n) is 27.0. The van der Waals surface area contributed by atoms with Gasteiger partial charge in [-0.2, -0.15) is 0 Å². The van der Waals surface area contributed by atoms with Crippen molar-refractivity contribution in [3.8, 4) is 5.75 Å². The van der Waals surface area contributed by atoms with Gasteiger partial charge in [0.05, 0.1) is 25.9 Å². The monoisotopic (exact) mass is 569 g/mol. The van der Waals surface area contributed by atoms with Crippen molar-refractivity contribution in [3.05, 3.63) is 40.1 Å². The lowest BCUT2D eigenvalue weighted by molar-refractivity contribution is -0.139. The van der Waals surface area contributed by atoms with E-state index in [2.05, 4.69) is 44.8 Å². The number of amides is 1. The van der Waals surface area contributed by atoms with Gasteiger partial charge >= 0.3 is 0 Å². The summed E-state index contributed by atoms with van der Waals surface area (Å²) in [7, 11) is 1.76. The number of morpholine rings is 1. The van der Waals surface area contributed by atoms with Crippen molar-refractivity contribution in [2.24, 2.45) is 10.7 Å². The van der Waals surface area contributed by atoms with E-state index in [-0.39, 0.29) is 36.1 Å². The molecule has 1 heterocycles. The van der Waals surface area contributed by atoms with E-state index < -0.39 is 0 Å². The average molecular weight is 570 g/mol. The number of ether oxygens (including phenoxy) is 2. The lowest BCUT2D eigenvalue weighted by Gasteiger charge is -2.35. The van der Waals surface area contributed by atoms with E-state index in [1.54, 1.807) is 12.0 Å². The molecule has 2 aliphatic rings. The smallest absolute Gasteiger partial charge is 0.270 e. The second-order valence-electron chi connectivity index (χ2n) is 11.8. The largest absolute Gasteiger partial charge is 0.496 e. The Kier molecular flexibility index (Phi) is 14.6. The highest BCUT2D eigenvalue weighted by Crippen LogP contribution is 2.34. The third-order valence-electron chi connectivity index (χ3n) is 8.18. The molecule has 2 fully saturated rings. The van der Waals surface area contributed by atoms with E-state index in [9.17, 15) is 9.59 Å². The van der Waals surface area contributed by atoms with Gasteiger partial charge in [-0.1, -0.05) is 45.6 Å². The number of unbranched alkanes of at least 4 members (excludes halogenated alkanes) is 2. The summed E-state index contributed by atoms with van der Waals surface area (Å²) in [6, 6.07) is 4.42. The van der Waals surface area contributed by atoms with Gasteiger partial charge in [0, 0.05) is 24.4 Å². The van der Waals surface area contributed by atoms with E-state index in [4.69, 9.17) is 15.2 Å². The molecule has 0 bridgehead atoms. The Labute approximate surface area is 248 Å². The number of ketones is 1. The van der Waals surface area contributed by atoms with E-state index in [1.807, 2.05) is 13.8 Å². The molecule has 41 heavy (non-hydrogen) atoms. The summed E-state index contributed by atoms with van der Waals surface area (Å²) in [6.07, 6.45) is 10.4. The van der Waals surface area contributed by atoms with Gasteiger partial charge in [0.1, 0.15) is 11.4 Å². The zero-order valence-corrected chi connectivity index (χ0v) is 27.0. The molecule has 1 aromatic rings. The van der Waals surface area contributed by atoms with E-state index in [0.29, 0.717) is 13.1 Å². The second kappa shape index (κ2) is 17.3. The third-order valence-corrected chi connectivity index (χ3v) is 8.18. The number of methoxy groups -OCH3 is 1. The number of nitrogens with zero attached hydrogens (tertiary/aromatic N) is 2. The molecule has 230 valence electrons. The van der Waals surface area contributed by atoms with Crippen LogP contribution >= 0.6 is 0 Å². The van der Waals surface area contributed by atoms with Gasteiger partial charge in [-0.15, -0.1) is 0 Å². The fourth-order valence-electron chi connectivity index (χ4n) is 5.97. The molecule has 0 spiro atoms. The zero-order chi connectivity index (χ0) is 30.5. The Morgan fingerprint density at radius 1 is 1.05 bits per heavy atom. The second-order valence-corrected chi connectivity index (χ2v) is 11.8. The first-order valence-electron chi connectivity index (χ1n) is 15.6. The van der Waals surface area contributed by atoms with Gasteiger partial charge < -0.3 is 20.1 Å². The number of rotatable bonds is 11. The van der Waals surface area contributed by atoms with Crippen LogP contribution in [-0.2, 0) is 14.3 Å². The number of aliphatic imine (C=N–C) groups is 1. The van der Waals surface area contributed by atoms with Gasteiger partial charge in [0.2, 0.25) is 0 Å². The molecule has 1 aromatic carbocycles. The van der Waals surface area contributed by atoms with Crippen LogP contribution in [0.4, 0.5) is 0 Å². The third kappa shape index (κ3) is 10.3. The molecular formula is C34H55N3O4. The molecule has 0 aromatic heterocycles. The van der Waals surface area contributed by atoms with E-state index >= 15 is 0 Å². The van der Waals surface area contributed by atoms with Gasteiger partial charge in [0.25, 0.3) is 5.91 Å². The van der Waals surface area contributed by atoms with Gasteiger partial charge in [-0.05, 0) is 95.4 Å². The maximum atomic E-state index is 12.6. The highest BCUT2D eigenvalue weighted by Gasteiger charge is 2.30. The number of hydrogen-bond acceptors (Lipinski definition) is 6. The first-order valence-corrected chi connectivity index (χ1v) is 15.6. The van der Waals surface area contributed by atoms with E-state index in [1.165, 1.54) is 62.1 Å². The van der Waals surface area contributed by atoms with Gasteiger partial charge in [-0.25, -0.2) is 0 Å². The van der Waals surface area contributed by atoms with Crippen LogP contribution in [0.3, 0.4) is 0 Å². The summed E-state index contributed by atoms with van der Waals surface area (Å²) < 4.78 is 11.1. The Morgan fingerprint density at radius 3 is 2.32 bits per heavy atom. The van der Waals surface area contributed by atoms with Crippen LogP contribution in [0.5, 0.6) is 5.75 Å². The van der Waals surface area contributed by atoms with Crippen LogP contribution in [0.2, 0.25) is 0 Å². The summed E-state index contributed by atoms with van der Waals surface area (Å²) in [6.45, 7) is 15.7. The van der Waals surface area contributed by atoms with Crippen molar-refractivity contribution in [2.75, 3.05) is 26.7 Å². The Morgan fingerprint density at radius 2 is 1.73 bits per heavy atom. The van der Waals surface area contributed by atoms with Crippen molar-refractivity contribution in [3.63, 3.8) is 0 Å². The number of hydrogen-bond donors (Lipinski definition) is 1. The Bertz CT molecular complexity index is 1070. The summed E-state index contributed by atoms with van der Waals surface area (Å²) in [5.41, 5.74) is 12.3. The maximum absolute atomic E-state index is 12.6. The summed E-state index contributed by atoms with van der Waals surface area (Å²) in [5.74, 6) is 1.61. The number of allylic oxidation sites excluding steroid dienone is 1. The van der Waals surface area contributed by atoms with Crippen LogP contribution in [0.25, 0.3) is 0 Å². The predicted octanol–water partition coefficient (Wildman–Crippen LogP) is 6.82. The fourth-order valence-corrected chi connectivity index (χ4v) is 5.97. The van der Waals surface area contributed by atoms with Crippen molar-refractivity contribution < 1.29 is 19.1 Å². The number of Topliss-reactive ketones (excluding diaryl/α,β-unsaturated/α-hetero) is 1. The predicted molar refractivity (Wildman–Crippen MR) is 169 cm³/mol. The SMILES string of the molecule is CC(=O)CN=C1CCC/C1=C(/N)C(=O)N1C[C@@H](C)O[C@@H](C)C1.CCCCCC(CCC)c1ccc(OC)c(C)c1C. The van der Waals surface area contributed by atoms with Crippen molar-refractivity contribution in [2.45, 2.75) is 124 Å². The normalized spacial score (nSPS) is 21.8. The standard InChI is InChI=1S/C18H30O.C16H25N3O3/c1-6-8-9-11-16(10-7-2)17-12-13-18(19-5)15(4)14(17)3;1-10(20)7-18-14-6-4-5-13(14)15(17)16(21)19-8-11(2)22-12(3)9-19/h12-13,16H,6-11H2,1-5H3;11-12H,4-9,17H2,1-3H3/b;15-13-,18-14?/t;11-,12+. The van der Waals surface area contributed by atoms with E-state index in [0.717, 1.165) is 42.2 Å². The number of carbonyl (C=O) groups is 2. The van der Waals surface area contributed by atoms with Crippen LogP contribution in [-0.4, -0.2) is 61.3 Å². The molecule has 1 aliphatic carbocycles. The quantitative estimate of drug-likeness (QED) is 0.233. The lowest BCUT2D eigenvalue weighted by atomic mass is 9.85. The molecule has 1 amide bonds. The molecule has 7 heteroatoms. The molecule has 7 nitrogen and oxygen atoms in total. The molecule has 1 saturated carbocycles. The molecule has 3 atom stereocenters. The minimum Gasteiger partial charge on any atom is -0.496 e. The van der Waals surface area contributed by atoms with Crippen LogP contribution in [0.1, 0.15) is 115 Å². The molecule has 3 rings (SSSR count). The topological polar surface area (TPSA) is 94.2 Å². The van der Waals surface area contributed by atoms with Crippen LogP contribution in [0.15, 0.2) is 28.4 Å². The minimum atomic E-state index is -0.144. The molecule has 1 saturated heterocycles. The molecule has 1 unspecified atom stereocenters.